The summed E-state index contributed by atoms with van der Waals surface area (Å²) in [4.78, 5) is 14.7. The molecule has 3 rings (SSSR count). The molecule has 1 fully saturated rings. The molecule has 0 amide bonds. The molecule has 0 heterocycles. The minimum Gasteiger partial charge on any atom is -0.364 e. The van der Waals surface area contributed by atoms with Gasteiger partial charge in [-0.05, 0) is 55.0 Å². The number of ketones is 1. The molecule has 138 valence electrons. The largest absolute Gasteiger partial charge is 0.364 e. The fourth-order valence-corrected chi connectivity index (χ4v) is 4.30. The maximum atomic E-state index is 12.6. The van der Waals surface area contributed by atoms with Crippen LogP contribution >= 0.6 is 11.6 Å². The van der Waals surface area contributed by atoms with Crippen LogP contribution in [0.15, 0.2) is 48.5 Å². The number of Topliss-reactive ketones (excluding diaryl/α,β-unsaturated/α-hetero) is 1. The number of hydrogen-bond donors (Lipinski definition) is 0. The molecule has 3 heteroatoms. The lowest BCUT2D eigenvalue weighted by molar-refractivity contribution is -0.117. The number of carbonyl (C=O) groups excluding carboxylic acids is 1. The lowest BCUT2D eigenvalue weighted by Gasteiger charge is -2.23. The summed E-state index contributed by atoms with van der Waals surface area (Å²) in [5.41, 5.74) is 3.37. The maximum Gasteiger partial charge on any atom is 0.156 e. The number of likely N-dealkylation sites (N-methyl/N-ethyl adjacent to an activating group) is 1. The molecule has 0 bridgehead atoms. The molecule has 0 saturated heterocycles. The maximum absolute atomic E-state index is 12.6. The molecule has 0 radical (unpaired) electrons. The summed E-state index contributed by atoms with van der Waals surface area (Å²) >= 11 is 6.55. The highest BCUT2D eigenvalue weighted by Gasteiger charge is 2.18. The van der Waals surface area contributed by atoms with Crippen LogP contribution in [0.3, 0.4) is 0 Å². The summed E-state index contributed by atoms with van der Waals surface area (Å²) in [5.74, 6) is 0.812. The average Bonchev–Trinajstić information content (AvgIpc) is 2.67. The summed E-state index contributed by atoms with van der Waals surface area (Å²) in [5, 5.41) is 0.831. The van der Waals surface area contributed by atoms with Crippen LogP contribution in [0.25, 0.3) is 0 Å². The van der Waals surface area contributed by atoms with E-state index in [4.69, 9.17) is 11.6 Å². The standard InChI is InChI=1S/C23H28ClNO/c1-2-25(20-11-7-4-8-12-20)17-21(26)15-18-13-14-22(23(24)16-18)19-9-5-3-6-10-19/h4,7-8,11-14,16,19H,2-3,5-6,9-10,15,17H2,1H3. The zero-order valence-electron chi connectivity index (χ0n) is 15.6. The number of rotatable bonds is 7. The molecule has 0 spiro atoms. The van der Waals surface area contributed by atoms with E-state index in [0.717, 1.165) is 22.8 Å². The number of carbonyl (C=O) groups is 1. The van der Waals surface area contributed by atoms with Gasteiger partial charge in [0.2, 0.25) is 0 Å². The topological polar surface area (TPSA) is 20.3 Å². The lowest BCUT2D eigenvalue weighted by atomic mass is 9.83. The van der Waals surface area contributed by atoms with E-state index in [1.54, 1.807) is 0 Å². The molecule has 0 aromatic heterocycles. The molecule has 26 heavy (non-hydrogen) atoms. The van der Waals surface area contributed by atoms with Gasteiger partial charge in [-0.15, -0.1) is 0 Å². The number of nitrogens with zero attached hydrogens (tertiary/aromatic N) is 1. The van der Waals surface area contributed by atoms with Gasteiger partial charge in [-0.1, -0.05) is 61.2 Å². The van der Waals surface area contributed by atoms with Gasteiger partial charge in [0, 0.05) is 23.7 Å². The summed E-state index contributed by atoms with van der Waals surface area (Å²) in [7, 11) is 0. The second-order valence-corrected chi connectivity index (χ2v) is 7.66. The van der Waals surface area contributed by atoms with Crippen molar-refractivity contribution >= 4 is 23.1 Å². The molecule has 1 saturated carbocycles. The van der Waals surface area contributed by atoms with E-state index in [0.29, 0.717) is 18.9 Å². The summed E-state index contributed by atoms with van der Waals surface area (Å²) in [6, 6.07) is 16.3. The SMILES string of the molecule is CCN(CC(=O)Cc1ccc(C2CCCCC2)c(Cl)c1)c1ccccc1. The van der Waals surface area contributed by atoms with Crippen LogP contribution in [0.2, 0.25) is 5.02 Å². The highest BCUT2D eigenvalue weighted by molar-refractivity contribution is 6.31. The molecule has 2 nitrogen and oxygen atoms in total. The third kappa shape index (κ3) is 4.88. The van der Waals surface area contributed by atoms with Crippen molar-refractivity contribution in [1.82, 2.24) is 0 Å². The van der Waals surface area contributed by atoms with Crippen molar-refractivity contribution in [1.29, 1.82) is 0 Å². The Bertz CT molecular complexity index is 722. The molecule has 0 atom stereocenters. The van der Waals surface area contributed by atoms with Crippen LogP contribution in [-0.4, -0.2) is 18.9 Å². The van der Waals surface area contributed by atoms with Gasteiger partial charge in [0.25, 0.3) is 0 Å². The van der Waals surface area contributed by atoms with Crippen molar-refractivity contribution in [2.45, 2.75) is 51.4 Å². The quantitative estimate of drug-likeness (QED) is 0.594. The van der Waals surface area contributed by atoms with E-state index in [1.807, 2.05) is 36.4 Å². The molecule has 1 aliphatic rings. The Morgan fingerprint density at radius 3 is 2.46 bits per heavy atom. The predicted molar refractivity (Wildman–Crippen MR) is 110 cm³/mol. The van der Waals surface area contributed by atoms with Gasteiger partial charge in [-0.2, -0.15) is 0 Å². The first-order valence-electron chi connectivity index (χ1n) is 9.77. The van der Waals surface area contributed by atoms with Crippen LogP contribution in [0.5, 0.6) is 0 Å². The normalized spacial score (nSPS) is 15.0. The Labute approximate surface area is 162 Å². The van der Waals surface area contributed by atoms with E-state index in [2.05, 4.69) is 24.0 Å². The Kier molecular flexibility index (Phi) is 6.73. The number of anilines is 1. The highest BCUT2D eigenvalue weighted by Crippen LogP contribution is 2.36. The Hall–Kier alpha value is -1.80. The van der Waals surface area contributed by atoms with Crippen LogP contribution < -0.4 is 4.90 Å². The molecule has 2 aromatic carbocycles. The van der Waals surface area contributed by atoms with Crippen molar-refractivity contribution in [3.05, 3.63) is 64.7 Å². The van der Waals surface area contributed by atoms with Gasteiger partial charge in [0.1, 0.15) is 0 Å². The lowest BCUT2D eigenvalue weighted by Crippen LogP contribution is -2.30. The monoisotopic (exact) mass is 369 g/mol. The third-order valence-electron chi connectivity index (χ3n) is 5.38. The minimum atomic E-state index is 0.220. The molecule has 2 aromatic rings. The number of hydrogen-bond acceptors (Lipinski definition) is 2. The molecular weight excluding hydrogens is 342 g/mol. The molecular formula is C23H28ClNO. The van der Waals surface area contributed by atoms with Gasteiger partial charge >= 0.3 is 0 Å². The second-order valence-electron chi connectivity index (χ2n) is 7.26. The Morgan fingerprint density at radius 2 is 1.81 bits per heavy atom. The second kappa shape index (κ2) is 9.23. The summed E-state index contributed by atoms with van der Waals surface area (Å²) in [6.07, 6.45) is 6.85. The van der Waals surface area contributed by atoms with Gasteiger partial charge in [-0.25, -0.2) is 0 Å². The Morgan fingerprint density at radius 1 is 1.08 bits per heavy atom. The fourth-order valence-electron chi connectivity index (χ4n) is 3.95. The van der Waals surface area contributed by atoms with Gasteiger partial charge in [-0.3, -0.25) is 4.79 Å². The number of benzene rings is 2. The van der Waals surface area contributed by atoms with Gasteiger partial charge in [0.15, 0.2) is 5.78 Å². The zero-order valence-corrected chi connectivity index (χ0v) is 16.3. The first-order valence-corrected chi connectivity index (χ1v) is 10.1. The van der Waals surface area contributed by atoms with E-state index >= 15 is 0 Å². The van der Waals surface area contributed by atoms with Crippen LogP contribution in [-0.2, 0) is 11.2 Å². The molecule has 0 aliphatic heterocycles. The van der Waals surface area contributed by atoms with Crippen molar-refractivity contribution < 1.29 is 4.79 Å². The number of para-hydroxylation sites is 1. The van der Waals surface area contributed by atoms with Gasteiger partial charge in [0.05, 0.1) is 6.54 Å². The predicted octanol–water partition coefficient (Wildman–Crippen LogP) is 6.03. The molecule has 0 N–H and O–H groups in total. The van der Waals surface area contributed by atoms with Crippen molar-refractivity contribution in [2.24, 2.45) is 0 Å². The van der Waals surface area contributed by atoms with E-state index in [1.165, 1.54) is 37.7 Å². The average molecular weight is 370 g/mol. The van der Waals surface area contributed by atoms with Crippen LogP contribution in [0.1, 0.15) is 56.1 Å². The number of halogens is 1. The van der Waals surface area contributed by atoms with E-state index < -0.39 is 0 Å². The first kappa shape index (κ1) is 19.0. The summed E-state index contributed by atoms with van der Waals surface area (Å²) in [6.45, 7) is 3.33. The van der Waals surface area contributed by atoms with Crippen molar-refractivity contribution in [3.8, 4) is 0 Å². The third-order valence-corrected chi connectivity index (χ3v) is 5.71. The Balaban J connectivity index is 1.62. The van der Waals surface area contributed by atoms with Crippen molar-refractivity contribution in [2.75, 3.05) is 18.0 Å². The minimum absolute atomic E-state index is 0.220. The van der Waals surface area contributed by atoms with Crippen LogP contribution in [0, 0.1) is 0 Å². The molecule has 1 aliphatic carbocycles. The first-order chi connectivity index (χ1) is 12.7. The van der Waals surface area contributed by atoms with Crippen molar-refractivity contribution in [3.63, 3.8) is 0 Å². The van der Waals surface area contributed by atoms with Crippen LogP contribution in [0.4, 0.5) is 5.69 Å². The molecule has 0 unspecified atom stereocenters. The summed E-state index contributed by atoms with van der Waals surface area (Å²) < 4.78 is 0. The smallest absolute Gasteiger partial charge is 0.156 e. The van der Waals surface area contributed by atoms with Gasteiger partial charge < -0.3 is 4.90 Å². The fraction of sp³-hybridized carbons (Fsp3) is 0.435. The highest BCUT2D eigenvalue weighted by atomic mass is 35.5. The zero-order chi connectivity index (χ0) is 18.4. The van der Waals surface area contributed by atoms with E-state index in [-0.39, 0.29) is 5.78 Å². The van der Waals surface area contributed by atoms with E-state index in [9.17, 15) is 4.79 Å².